The van der Waals surface area contributed by atoms with Crippen LogP contribution >= 0.6 is 0 Å². The van der Waals surface area contributed by atoms with Gasteiger partial charge >= 0.3 is 5.97 Å². The van der Waals surface area contributed by atoms with E-state index in [1.807, 2.05) is 0 Å². The van der Waals surface area contributed by atoms with Crippen molar-refractivity contribution in [1.82, 2.24) is 0 Å². The molecular weight excluding hydrogens is 224 g/mol. The summed E-state index contributed by atoms with van der Waals surface area (Å²) in [6.07, 6.45) is 18.3. The standard InChI is InChI=1S/C16H30O2/c1-2-3-4-5-6-7-8-9-10-11-12-13-14-15-16(17)18/h5-6H,2-4,7-15H2,1H3,(H,17,18)/b6-5-. The molecule has 0 aromatic rings. The first kappa shape index (κ1) is 17.2. The molecule has 18 heavy (non-hydrogen) atoms. The molecule has 0 radical (unpaired) electrons. The molecule has 0 fully saturated rings. The van der Waals surface area contributed by atoms with Crippen LogP contribution in [0, 0.1) is 0 Å². The van der Waals surface area contributed by atoms with Crippen molar-refractivity contribution in [3.05, 3.63) is 12.2 Å². The minimum absolute atomic E-state index is 0.336. The zero-order chi connectivity index (χ0) is 13.5. The van der Waals surface area contributed by atoms with Gasteiger partial charge in [0.2, 0.25) is 0 Å². The number of carbonyl (C=O) groups is 1. The molecule has 0 aliphatic heterocycles. The summed E-state index contributed by atoms with van der Waals surface area (Å²) in [5.74, 6) is -0.662. The monoisotopic (exact) mass is 254 g/mol. The first-order valence-electron chi connectivity index (χ1n) is 7.64. The average molecular weight is 254 g/mol. The van der Waals surface area contributed by atoms with Crippen molar-refractivity contribution in [2.45, 2.75) is 84.0 Å². The highest BCUT2D eigenvalue weighted by molar-refractivity contribution is 5.66. The van der Waals surface area contributed by atoms with Gasteiger partial charge in [0.25, 0.3) is 0 Å². The van der Waals surface area contributed by atoms with Crippen LogP contribution in [0.3, 0.4) is 0 Å². The summed E-state index contributed by atoms with van der Waals surface area (Å²) >= 11 is 0. The van der Waals surface area contributed by atoms with E-state index in [0.717, 1.165) is 12.8 Å². The number of allylic oxidation sites excluding steroid dienone is 2. The molecule has 0 rings (SSSR count). The predicted molar refractivity (Wildman–Crippen MR) is 77.9 cm³/mol. The Bertz CT molecular complexity index is 209. The fraction of sp³-hybridized carbons (Fsp3) is 0.812. The van der Waals surface area contributed by atoms with Crippen LogP contribution < -0.4 is 0 Å². The Morgan fingerprint density at radius 2 is 1.33 bits per heavy atom. The van der Waals surface area contributed by atoms with E-state index in [-0.39, 0.29) is 0 Å². The highest BCUT2D eigenvalue weighted by Crippen LogP contribution is 2.10. The van der Waals surface area contributed by atoms with Crippen molar-refractivity contribution in [3.8, 4) is 0 Å². The largest absolute Gasteiger partial charge is 0.481 e. The lowest BCUT2D eigenvalue weighted by Gasteiger charge is -2.00. The number of hydrogen-bond donors (Lipinski definition) is 1. The molecule has 0 atom stereocenters. The van der Waals surface area contributed by atoms with Crippen LogP contribution in [0.2, 0.25) is 0 Å². The molecule has 0 unspecified atom stereocenters. The number of carboxylic acid groups (broad SMARTS) is 1. The first-order chi connectivity index (χ1) is 8.77. The van der Waals surface area contributed by atoms with Gasteiger partial charge in [0.05, 0.1) is 0 Å². The van der Waals surface area contributed by atoms with Gasteiger partial charge in [-0.1, -0.05) is 64.0 Å². The van der Waals surface area contributed by atoms with E-state index in [2.05, 4.69) is 19.1 Å². The van der Waals surface area contributed by atoms with Gasteiger partial charge in [-0.25, -0.2) is 0 Å². The van der Waals surface area contributed by atoms with Crippen LogP contribution in [0.4, 0.5) is 0 Å². The van der Waals surface area contributed by atoms with Gasteiger partial charge in [0.1, 0.15) is 0 Å². The third kappa shape index (κ3) is 15.2. The SMILES string of the molecule is CCCC/C=C\CCCCCCCCCC(=O)O. The summed E-state index contributed by atoms with van der Waals surface area (Å²) in [7, 11) is 0. The third-order valence-corrected chi connectivity index (χ3v) is 3.15. The van der Waals surface area contributed by atoms with Gasteiger partial charge in [-0.3, -0.25) is 4.79 Å². The van der Waals surface area contributed by atoms with Crippen molar-refractivity contribution < 1.29 is 9.90 Å². The van der Waals surface area contributed by atoms with Crippen molar-refractivity contribution in [2.24, 2.45) is 0 Å². The summed E-state index contributed by atoms with van der Waals surface area (Å²) in [6.45, 7) is 2.23. The minimum Gasteiger partial charge on any atom is -0.481 e. The van der Waals surface area contributed by atoms with E-state index in [1.165, 1.54) is 57.8 Å². The summed E-state index contributed by atoms with van der Waals surface area (Å²) in [6, 6.07) is 0. The lowest BCUT2D eigenvalue weighted by molar-refractivity contribution is -0.137. The minimum atomic E-state index is -0.662. The maximum atomic E-state index is 10.3. The van der Waals surface area contributed by atoms with Crippen LogP contribution in [-0.4, -0.2) is 11.1 Å². The van der Waals surface area contributed by atoms with Gasteiger partial charge in [0.15, 0.2) is 0 Å². The molecule has 0 saturated heterocycles. The number of hydrogen-bond acceptors (Lipinski definition) is 1. The van der Waals surface area contributed by atoms with E-state index in [1.54, 1.807) is 0 Å². The van der Waals surface area contributed by atoms with E-state index < -0.39 is 5.97 Å². The Hall–Kier alpha value is -0.790. The van der Waals surface area contributed by atoms with Gasteiger partial charge < -0.3 is 5.11 Å². The smallest absolute Gasteiger partial charge is 0.303 e. The fourth-order valence-corrected chi connectivity index (χ4v) is 1.98. The van der Waals surface area contributed by atoms with Gasteiger partial charge in [-0.05, 0) is 25.7 Å². The lowest BCUT2D eigenvalue weighted by Crippen LogP contribution is -1.93. The van der Waals surface area contributed by atoms with E-state index in [4.69, 9.17) is 5.11 Å². The highest BCUT2D eigenvalue weighted by Gasteiger charge is 1.96. The molecule has 0 aliphatic carbocycles. The number of carboxylic acids is 1. The molecule has 0 bridgehead atoms. The van der Waals surface area contributed by atoms with Crippen molar-refractivity contribution in [3.63, 3.8) is 0 Å². The second kappa shape index (κ2) is 14.3. The second-order valence-electron chi connectivity index (χ2n) is 5.02. The molecule has 2 nitrogen and oxygen atoms in total. The average Bonchev–Trinajstić information content (AvgIpc) is 2.34. The van der Waals surface area contributed by atoms with Crippen LogP contribution in [-0.2, 0) is 4.79 Å². The van der Waals surface area contributed by atoms with Gasteiger partial charge in [0, 0.05) is 6.42 Å². The summed E-state index contributed by atoms with van der Waals surface area (Å²) in [5.41, 5.74) is 0. The molecule has 0 aliphatic rings. The second-order valence-corrected chi connectivity index (χ2v) is 5.02. The Kier molecular flexibility index (Phi) is 13.6. The highest BCUT2D eigenvalue weighted by atomic mass is 16.4. The molecule has 0 heterocycles. The van der Waals surface area contributed by atoms with Gasteiger partial charge in [-0.2, -0.15) is 0 Å². The predicted octanol–water partition coefficient (Wildman–Crippen LogP) is 5.33. The van der Waals surface area contributed by atoms with Crippen molar-refractivity contribution in [1.29, 1.82) is 0 Å². The molecule has 0 aromatic heterocycles. The summed E-state index contributed by atoms with van der Waals surface area (Å²) < 4.78 is 0. The van der Waals surface area contributed by atoms with Crippen molar-refractivity contribution >= 4 is 5.97 Å². The Morgan fingerprint density at radius 1 is 0.833 bits per heavy atom. The third-order valence-electron chi connectivity index (χ3n) is 3.15. The first-order valence-corrected chi connectivity index (χ1v) is 7.64. The molecule has 106 valence electrons. The topological polar surface area (TPSA) is 37.3 Å². The van der Waals surface area contributed by atoms with Crippen LogP contribution in [0.15, 0.2) is 12.2 Å². The quantitative estimate of drug-likeness (QED) is 0.356. The van der Waals surface area contributed by atoms with Crippen LogP contribution in [0.1, 0.15) is 84.0 Å². The molecule has 0 spiro atoms. The number of unbranched alkanes of at least 4 members (excludes halogenated alkanes) is 9. The van der Waals surface area contributed by atoms with Crippen LogP contribution in [0.5, 0.6) is 0 Å². The molecule has 0 aromatic carbocycles. The molecule has 2 heteroatoms. The molecule has 0 amide bonds. The Labute approximate surface area is 112 Å². The number of aliphatic carboxylic acids is 1. The maximum Gasteiger partial charge on any atom is 0.303 e. The van der Waals surface area contributed by atoms with Crippen LogP contribution in [0.25, 0.3) is 0 Å². The van der Waals surface area contributed by atoms with E-state index in [9.17, 15) is 4.79 Å². The Morgan fingerprint density at radius 3 is 1.89 bits per heavy atom. The summed E-state index contributed by atoms with van der Waals surface area (Å²) in [4.78, 5) is 10.3. The summed E-state index contributed by atoms with van der Waals surface area (Å²) in [5, 5.41) is 8.48. The van der Waals surface area contributed by atoms with E-state index >= 15 is 0 Å². The van der Waals surface area contributed by atoms with E-state index in [0.29, 0.717) is 6.42 Å². The Balaban J connectivity index is 3.03. The maximum absolute atomic E-state index is 10.3. The van der Waals surface area contributed by atoms with Gasteiger partial charge in [-0.15, -0.1) is 0 Å². The lowest BCUT2D eigenvalue weighted by atomic mass is 10.1. The zero-order valence-corrected chi connectivity index (χ0v) is 12.0. The van der Waals surface area contributed by atoms with Crippen molar-refractivity contribution in [2.75, 3.05) is 0 Å². The number of rotatable bonds is 13. The molecular formula is C16H30O2. The normalized spacial score (nSPS) is 11.2. The molecule has 1 N–H and O–H groups in total. The fourth-order valence-electron chi connectivity index (χ4n) is 1.98. The zero-order valence-electron chi connectivity index (χ0n) is 12.0. The molecule has 0 saturated carbocycles.